The lowest BCUT2D eigenvalue weighted by molar-refractivity contribution is -0.141. The second-order valence-corrected chi connectivity index (χ2v) is 16.5. The van der Waals surface area contributed by atoms with Gasteiger partial charge in [-0.15, -0.1) is 0 Å². The molecule has 0 aliphatic carbocycles. The maximum Gasteiger partial charge on any atom is 0.322 e. The van der Waals surface area contributed by atoms with E-state index >= 15 is 0 Å². The van der Waals surface area contributed by atoms with Gasteiger partial charge < -0.3 is 26.2 Å². The first-order chi connectivity index (χ1) is 30.8. The molecule has 17 nitrogen and oxygen atoms in total. The Morgan fingerprint density at radius 1 is 0.812 bits per heavy atom. The van der Waals surface area contributed by atoms with E-state index in [4.69, 9.17) is 5.10 Å². The maximum atomic E-state index is 14.0. The molecule has 5 heterocycles. The molecule has 2 unspecified atom stereocenters. The molecule has 0 bridgehead atoms. The smallest absolute Gasteiger partial charge is 0.322 e. The summed E-state index contributed by atoms with van der Waals surface area (Å²) in [5, 5.41) is 18.4. The number of hydrazone groups is 1. The second kappa shape index (κ2) is 20.3. The zero-order valence-corrected chi connectivity index (χ0v) is 36.1. The fraction of sp³-hybridized carbons (Fsp3) is 0.362. The van der Waals surface area contributed by atoms with Gasteiger partial charge >= 0.3 is 6.03 Å². The highest BCUT2D eigenvalue weighted by atomic mass is 16.2. The van der Waals surface area contributed by atoms with Crippen LogP contribution in [-0.4, -0.2) is 104 Å². The summed E-state index contributed by atoms with van der Waals surface area (Å²) >= 11 is 0. The Bertz CT molecular complexity index is 2460. The average Bonchev–Trinajstić information content (AvgIpc) is 3.87. The van der Waals surface area contributed by atoms with Crippen LogP contribution in [0, 0.1) is 5.92 Å². The van der Waals surface area contributed by atoms with E-state index in [0.29, 0.717) is 51.1 Å². The van der Waals surface area contributed by atoms with Crippen molar-refractivity contribution >= 4 is 63.8 Å². The summed E-state index contributed by atoms with van der Waals surface area (Å²) in [5.41, 5.74) is 6.03. The fourth-order valence-corrected chi connectivity index (χ4v) is 7.86. The van der Waals surface area contributed by atoms with Crippen LogP contribution in [0.25, 0.3) is 10.9 Å². The van der Waals surface area contributed by atoms with Crippen molar-refractivity contribution in [2.24, 2.45) is 11.0 Å². The number of hydrogen-bond acceptors (Lipinski definition) is 10. The highest BCUT2D eigenvalue weighted by Gasteiger charge is 2.34. The van der Waals surface area contributed by atoms with Crippen LogP contribution in [0.3, 0.4) is 0 Å². The minimum Gasteiger partial charge on any atom is -0.354 e. The van der Waals surface area contributed by atoms with Gasteiger partial charge in [-0.25, -0.2) is 9.80 Å². The van der Waals surface area contributed by atoms with Gasteiger partial charge in [0.25, 0.3) is 17.7 Å². The molecular formula is C47H52N10O7. The molecule has 2 aromatic heterocycles. The molecule has 3 aliphatic heterocycles. The normalized spacial score (nSPS) is 16.8. The predicted octanol–water partition coefficient (Wildman–Crippen LogP) is 4.14. The minimum absolute atomic E-state index is 0.0959. The van der Waals surface area contributed by atoms with Gasteiger partial charge in [0.1, 0.15) is 18.6 Å². The van der Waals surface area contributed by atoms with Crippen molar-refractivity contribution in [3.8, 4) is 0 Å². The van der Waals surface area contributed by atoms with E-state index in [0.717, 1.165) is 68.8 Å². The number of carbonyl (C=O) groups is 7. The number of aromatic nitrogens is 2. The van der Waals surface area contributed by atoms with Crippen LogP contribution in [0.2, 0.25) is 0 Å². The first-order valence-corrected chi connectivity index (χ1v) is 21.6. The van der Waals surface area contributed by atoms with Gasteiger partial charge in [0.05, 0.1) is 17.1 Å². The van der Waals surface area contributed by atoms with Gasteiger partial charge in [-0.3, -0.25) is 43.6 Å². The van der Waals surface area contributed by atoms with Crippen molar-refractivity contribution in [3.05, 3.63) is 114 Å². The summed E-state index contributed by atoms with van der Waals surface area (Å²) in [5.74, 6) is -3.74. The molecule has 7 rings (SSSR count). The molecule has 0 fully saturated rings. The van der Waals surface area contributed by atoms with Crippen molar-refractivity contribution < 1.29 is 33.6 Å². The number of unbranched alkanes of at least 4 members (excludes halogenated alkanes) is 3. The van der Waals surface area contributed by atoms with Gasteiger partial charge in [-0.1, -0.05) is 57.0 Å². The number of amides is 8. The van der Waals surface area contributed by atoms with E-state index in [9.17, 15) is 33.6 Å². The number of benzene rings is 2. The van der Waals surface area contributed by atoms with Crippen molar-refractivity contribution in [2.75, 3.05) is 25.0 Å². The highest BCUT2D eigenvalue weighted by molar-refractivity contribution is 6.14. The van der Waals surface area contributed by atoms with Crippen LogP contribution >= 0.6 is 0 Å². The zero-order chi connectivity index (χ0) is 45.3. The van der Waals surface area contributed by atoms with Crippen molar-refractivity contribution in [1.29, 1.82) is 0 Å². The zero-order valence-electron chi connectivity index (χ0n) is 36.1. The summed E-state index contributed by atoms with van der Waals surface area (Å²) < 4.78 is 0. The Labute approximate surface area is 370 Å². The van der Waals surface area contributed by atoms with Crippen LogP contribution < -0.4 is 21.3 Å². The van der Waals surface area contributed by atoms with Gasteiger partial charge in [-0.2, -0.15) is 5.10 Å². The number of carbonyl (C=O) groups excluding carboxylic acids is 7. The largest absolute Gasteiger partial charge is 0.354 e. The molecule has 8 amide bonds. The summed E-state index contributed by atoms with van der Waals surface area (Å²) in [4.78, 5) is 101. The van der Waals surface area contributed by atoms with Crippen LogP contribution in [0.4, 0.5) is 10.5 Å². The Balaban J connectivity index is 0.897. The number of anilines is 1. The van der Waals surface area contributed by atoms with E-state index in [-0.39, 0.29) is 23.8 Å². The number of fused-ring (bicyclic) bond motifs is 2. The lowest BCUT2D eigenvalue weighted by atomic mass is 9.88. The number of hydrogen-bond donors (Lipinski definition) is 4. The molecule has 17 heteroatoms. The SMILES string of the molecule is CC(C)C(NC(=O)CN1C(=O)C=CC1=O)C(=O)N[C@@H](C)C(=O)NCCCCCCN1N=C(c2ccc(NC(=O)N3Cc4ccncc4C3)cc2)CC(c2ccc3cccnc3c2)C1=O. The Kier molecular flexibility index (Phi) is 14.2. The number of pyridine rings is 2. The fourth-order valence-electron chi connectivity index (χ4n) is 7.86. The third kappa shape index (κ3) is 10.8. The van der Waals surface area contributed by atoms with E-state index < -0.39 is 48.2 Å². The Morgan fingerprint density at radius 2 is 1.56 bits per heavy atom. The predicted molar refractivity (Wildman–Crippen MR) is 238 cm³/mol. The van der Waals surface area contributed by atoms with Gasteiger partial charge in [0, 0.05) is 74.4 Å². The lowest BCUT2D eigenvalue weighted by Gasteiger charge is -2.30. The topological polar surface area (TPSA) is 215 Å². The van der Waals surface area contributed by atoms with E-state index in [1.54, 1.807) is 49.3 Å². The number of nitrogens with one attached hydrogen (secondary N) is 4. The molecular weight excluding hydrogens is 817 g/mol. The Morgan fingerprint density at radius 3 is 2.31 bits per heavy atom. The molecule has 0 saturated heterocycles. The lowest BCUT2D eigenvalue weighted by Crippen LogP contribution is -2.56. The van der Waals surface area contributed by atoms with Gasteiger partial charge in [0.15, 0.2) is 0 Å². The summed E-state index contributed by atoms with van der Waals surface area (Å²) in [7, 11) is 0. The molecule has 3 atom stereocenters. The van der Waals surface area contributed by atoms with Crippen molar-refractivity contribution in [2.45, 2.75) is 84.0 Å². The summed E-state index contributed by atoms with van der Waals surface area (Å²) in [6, 6.07) is 17.1. The summed E-state index contributed by atoms with van der Waals surface area (Å²) in [6.07, 6.45) is 10.7. The van der Waals surface area contributed by atoms with Crippen molar-refractivity contribution in [1.82, 2.24) is 40.7 Å². The summed E-state index contributed by atoms with van der Waals surface area (Å²) in [6.45, 7) is 6.28. The molecule has 3 aliphatic rings. The molecule has 0 saturated carbocycles. The average molecular weight is 869 g/mol. The first-order valence-electron chi connectivity index (χ1n) is 21.6. The van der Waals surface area contributed by atoms with Crippen LogP contribution in [0.5, 0.6) is 0 Å². The van der Waals surface area contributed by atoms with E-state index in [2.05, 4.69) is 31.2 Å². The number of rotatable bonds is 17. The minimum atomic E-state index is -0.992. The Hall–Kier alpha value is -7.30. The van der Waals surface area contributed by atoms with Crippen LogP contribution in [-0.2, 0) is 41.9 Å². The van der Waals surface area contributed by atoms with E-state index in [1.807, 2.05) is 60.7 Å². The molecule has 0 spiro atoms. The monoisotopic (exact) mass is 868 g/mol. The maximum absolute atomic E-state index is 14.0. The van der Waals surface area contributed by atoms with Crippen LogP contribution in [0.15, 0.2) is 96.5 Å². The van der Waals surface area contributed by atoms with E-state index in [1.165, 1.54) is 0 Å². The van der Waals surface area contributed by atoms with Gasteiger partial charge in [-0.05, 0) is 78.3 Å². The second-order valence-electron chi connectivity index (χ2n) is 16.5. The third-order valence-corrected chi connectivity index (χ3v) is 11.5. The number of imide groups is 1. The standard InChI is InChI=1S/C47H52N10O7/c1-29(2)43(53-40(58)28-56-41(59)16-17-42(56)60)45(62)51-30(3)44(61)50-19-6-4-5-7-22-57-46(63)37(33-11-10-31-9-8-20-49-38(31)23-33)24-39(54-57)32-12-14-36(15-13-32)52-47(64)55-26-34-18-21-48-25-35(34)27-55/h8-18,20-21,23,25,29-30,37,43H,4-7,19,22,24,26-28H2,1-3H3,(H,50,61)(H,51,62)(H,52,64)(H,53,58)/t30-,37?,43?/m0/s1. The van der Waals surface area contributed by atoms with Crippen molar-refractivity contribution in [3.63, 3.8) is 0 Å². The van der Waals surface area contributed by atoms with Gasteiger partial charge in [0.2, 0.25) is 17.7 Å². The molecule has 4 aromatic rings. The quantitative estimate of drug-likeness (QED) is 0.0885. The first kappa shape index (κ1) is 44.7. The number of nitrogens with zero attached hydrogens (tertiary/aromatic N) is 6. The molecule has 332 valence electrons. The highest BCUT2D eigenvalue weighted by Crippen LogP contribution is 2.32. The number of urea groups is 1. The molecule has 64 heavy (non-hydrogen) atoms. The molecule has 2 aromatic carbocycles. The third-order valence-electron chi connectivity index (χ3n) is 11.5. The molecule has 0 radical (unpaired) electrons. The molecule has 4 N–H and O–H groups in total. The van der Waals surface area contributed by atoms with Crippen LogP contribution in [0.1, 0.15) is 81.0 Å².